The summed E-state index contributed by atoms with van der Waals surface area (Å²) in [5.74, 6) is 0.381. The van der Waals surface area contributed by atoms with Crippen LogP contribution in [-0.4, -0.2) is 251 Å². The molecule has 2 aromatic heterocycles. The van der Waals surface area contributed by atoms with Crippen molar-refractivity contribution in [2.24, 2.45) is 5.92 Å². The number of hydrogen-bond acceptors (Lipinski definition) is 24. The first-order valence-corrected chi connectivity index (χ1v) is 44.4. The van der Waals surface area contributed by atoms with Gasteiger partial charge in [0.15, 0.2) is 5.13 Å². The third kappa shape index (κ3) is 26.6. The average molecular weight is 1680 g/mol. The van der Waals surface area contributed by atoms with Crippen molar-refractivity contribution >= 4 is 91.1 Å². The molecule has 6 aromatic rings. The molecule has 0 spiro atoms. The summed E-state index contributed by atoms with van der Waals surface area (Å²) in [4.78, 5) is 87.5. The van der Waals surface area contributed by atoms with E-state index in [1.807, 2.05) is 89.2 Å². The summed E-state index contributed by atoms with van der Waals surface area (Å²) in [6, 6.07) is 29.0. The van der Waals surface area contributed by atoms with Crippen LogP contribution in [0.4, 0.5) is 15.6 Å². The Morgan fingerprint density at radius 2 is 1.22 bits per heavy atom. The fourth-order valence-electron chi connectivity index (χ4n) is 13.9. The highest BCUT2D eigenvalue weighted by Crippen LogP contribution is 2.48. The van der Waals surface area contributed by atoms with Gasteiger partial charge in [-0.2, -0.15) is 11.8 Å². The summed E-state index contributed by atoms with van der Waals surface area (Å²) in [6.45, 7) is 11.6. The number of rotatable bonds is 55. The van der Waals surface area contributed by atoms with Crippen molar-refractivity contribution in [3.8, 4) is 33.6 Å². The van der Waals surface area contributed by atoms with Crippen LogP contribution >= 0.6 is 34.7 Å². The van der Waals surface area contributed by atoms with Crippen LogP contribution in [0.2, 0.25) is 5.02 Å². The lowest BCUT2D eigenvalue weighted by atomic mass is 9.95. The Morgan fingerprint density at radius 1 is 0.621 bits per heavy atom. The van der Waals surface area contributed by atoms with Gasteiger partial charge in [0, 0.05) is 83.0 Å². The number of para-hydroxylation sites is 1. The topological polar surface area (TPSA) is 351 Å². The number of amides is 7. The molecule has 5 heterocycles. The number of fused-ring (bicyclic) bond motifs is 6. The van der Waals surface area contributed by atoms with E-state index < -0.39 is 21.2 Å². The molecule has 6 aliphatic rings. The number of ether oxygens (including phenoxy) is 10. The zero-order chi connectivity index (χ0) is 80.9. The van der Waals surface area contributed by atoms with E-state index in [1.165, 1.54) is 11.3 Å². The Morgan fingerprint density at radius 3 is 1.86 bits per heavy atom. The molecule has 7 amide bonds. The van der Waals surface area contributed by atoms with Crippen LogP contribution in [0.15, 0.2) is 91.0 Å². The predicted octanol–water partition coefficient (Wildman–Crippen LogP) is 8.65. The molecule has 3 aliphatic carbocycles. The lowest BCUT2D eigenvalue weighted by molar-refractivity contribution is -0.123. The minimum Gasteiger partial charge on any atom is -0.379 e. The molecule has 630 valence electrons. The number of urea groups is 1. The summed E-state index contributed by atoms with van der Waals surface area (Å²) in [5.41, 5.74) is 7.97. The van der Waals surface area contributed by atoms with Crippen molar-refractivity contribution in [3.63, 3.8) is 0 Å². The Labute approximate surface area is 691 Å². The maximum atomic E-state index is 14.2. The molecule has 30 nitrogen and oxygen atoms in total. The average Bonchev–Trinajstić information content (AvgIpc) is 1.54. The molecule has 2 saturated heterocycles. The van der Waals surface area contributed by atoms with E-state index in [0.29, 0.717) is 202 Å². The van der Waals surface area contributed by atoms with Gasteiger partial charge in [0.1, 0.15) is 11.4 Å². The fourth-order valence-corrected chi connectivity index (χ4v) is 18.2. The second kappa shape index (κ2) is 45.4. The highest BCUT2D eigenvalue weighted by molar-refractivity contribution is 8.00. The normalized spacial score (nSPS) is 17.1. The first-order chi connectivity index (χ1) is 56.6. The first-order valence-electron chi connectivity index (χ1n) is 40.6. The van der Waals surface area contributed by atoms with Gasteiger partial charge < -0.3 is 83.8 Å². The molecule has 116 heavy (non-hydrogen) atoms. The van der Waals surface area contributed by atoms with Gasteiger partial charge in [0.25, 0.3) is 11.8 Å². The fraction of sp³-hybridized carbons (Fsp3) is 0.573. The third-order valence-corrected chi connectivity index (χ3v) is 25.4. The van der Waals surface area contributed by atoms with Crippen molar-refractivity contribution in [2.45, 2.75) is 132 Å². The standard InChI is InChI=1S/C82H109ClN12O18S3/c1-56(93(53-57-14-15-57)82-89-76(78(115-82)60-20-21-60)80(100)91-116(102,103)63-23-24-63)58-16-18-59(19-17-58)67-52-62(83)22-25-65(67)79(99)86-30-34-106-38-42-110-46-48-112-50-51-113-49-47-111-43-39-107-35-31-95-77-66-10-4-5-11-69(66)94(54-61-8-2-3-9-64(61)74(77)90-92-95)73(98)26-28-84-72(97)27-32-104-36-40-108-44-45-109-41-37-105-33-29-85-71(96)13-7-6-12-70-75-68(55-114-70)87-81(101)88-75/h2-5,8-11,16-19,22,25,52,56-57,60,63,68,70,75H,6-7,12-15,20-21,23-24,26-51,53-55H2,1H3,(H,84,97)(H,85,96)(H,86,99)(H,91,100)(H2,87,88,101)/t56-,68+,70+,75+/m1/s1. The summed E-state index contributed by atoms with van der Waals surface area (Å²) in [7, 11) is -3.72. The number of anilines is 2. The molecule has 3 saturated carbocycles. The van der Waals surface area contributed by atoms with E-state index in [2.05, 4.69) is 53.4 Å². The molecule has 5 fully saturated rings. The molecular weight excluding hydrogens is 1570 g/mol. The van der Waals surface area contributed by atoms with Crippen molar-refractivity contribution in [1.82, 2.24) is 51.3 Å². The lowest BCUT2D eigenvalue weighted by Crippen LogP contribution is -2.36. The smallest absolute Gasteiger partial charge is 0.315 e. The number of halogens is 1. The number of thiazole rings is 1. The molecule has 34 heteroatoms. The van der Waals surface area contributed by atoms with E-state index in [0.717, 1.165) is 95.6 Å². The summed E-state index contributed by atoms with van der Waals surface area (Å²) >= 11 is 9.89. The number of carbonyl (C=O) groups excluding carboxylic acids is 6. The maximum Gasteiger partial charge on any atom is 0.315 e. The highest BCUT2D eigenvalue weighted by atomic mass is 35.5. The largest absolute Gasteiger partial charge is 0.379 e. The molecule has 0 unspecified atom stereocenters. The van der Waals surface area contributed by atoms with E-state index in [1.54, 1.807) is 23.1 Å². The number of nitrogens with one attached hydrogen (secondary N) is 6. The number of benzene rings is 4. The van der Waals surface area contributed by atoms with Gasteiger partial charge in [-0.25, -0.2) is 27.6 Å². The van der Waals surface area contributed by atoms with Crippen LogP contribution in [0.5, 0.6) is 0 Å². The van der Waals surface area contributed by atoms with Gasteiger partial charge in [-0.1, -0.05) is 90.0 Å². The molecule has 6 N–H and O–H groups in total. The van der Waals surface area contributed by atoms with Crippen molar-refractivity contribution in [2.75, 3.05) is 174 Å². The van der Waals surface area contributed by atoms with Gasteiger partial charge in [0.2, 0.25) is 27.7 Å². The van der Waals surface area contributed by atoms with Crippen LogP contribution in [0.25, 0.3) is 33.6 Å². The first kappa shape index (κ1) is 87.6. The van der Waals surface area contributed by atoms with Crippen LogP contribution < -0.4 is 41.1 Å². The van der Waals surface area contributed by atoms with Crippen LogP contribution in [0.3, 0.4) is 0 Å². The minimum absolute atomic E-state index is 0.0107. The minimum atomic E-state index is -3.72. The van der Waals surface area contributed by atoms with Gasteiger partial charge in [-0.05, 0) is 117 Å². The van der Waals surface area contributed by atoms with Gasteiger partial charge >= 0.3 is 6.03 Å². The van der Waals surface area contributed by atoms with E-state index >= 15 is 0 Å². The number of nitrogens with zero attached hydrogens (tertiary/aromatic N) is 6. The van der Waals surface area contributed by atoms with E-state index in [-0.39, 0.29) is 98.5 Å². The van der Waals surface area contributed by atoms with Crippen LogP contribution in [-0.2, 0) is 84.9 Å². The molecule has 4 aromatic carbocycles. The molecule has 4 atom stereocenters. The lowest BCUT2D eigenvalue weighted by Gasteiger charge is -2.29. The predicted molar refractivity (Wildman–Crippen MR) is 441 cm³/mol. The summed E-state index contributed by atoms with van der Waals surface area (Å²) < 4.78 is 86.5. The Kier molecular flexibility index (Phi) is 34.3. The van der Waals surface area contributed by atoms with Crippen molar-refractivity contribution in [1.29, 1.82) is 0 Å². The SMILES string of the molecule is C[C@H](c1ccc(-c2cc(Cl)ccc2C(=O)NCCOCCOCCOCCOCCOCCOCCn2nnc3c2-c2ccccc2N(C(=O)CCNC(=O)CCOCCOCCOCCOCCNC(=O)CCCC[C@@H]2SC[C@@H]4NC(=O)N[C@@H]42)Cc2ccccc2-3)cc1)N(CC1CC1)c1nc(C(=O)NS(=O)(=O)C2CC2)c(C2CC2)s1. The maximum absolute atomic E-state index is 14.2. The van der Waals surface area contributed by atoms with Crippen molar-refractivity contribution < 1.29 is 84.6 Å². The second-order valence-electron chi connectivity index (χ2n) is 29.4. The van der Waals surface area contributed by atoms with Crippen LogP contribution in [0.1, 0.15) is 133 Å². The quantitative estimate of drug-likeness (QED) is 0.0154. The zero-order valence-corrected chi connectivity index (χ0v) is 69.1. The Balaban J connectivity index is 0.456. The molecule has 3 aliphatic heterocycles. The van der Waals surface area contributed by atoms with E-state index in [4.69, 9.17) is 64.0 Å². The molecule has 0 radical (unpaired) electrons. The van der Waals surface area contributed by atoms with E-state index in [9.17, 15) is 37.2 Å². The summed E-state index contributed by atoms with van der Waals surface area (Å²) in [6.07, 6.45) is 8.66. The van der Waals surface area contributed by atoms with Crippen LogP contribution in [0, 0.1) is 5.92 Å². The number of unbranched alkanes of at least 4 members (excludes halogenated alkanes) is 1. The Hall–Kier alpha value is -7.74. The van der Waals surface area contributed by atoms with Gasteiger partial charge in [0.05, 0.1) is 180 Å². The number of hydrogen-bond donors (Lipinski definition) is 6. The van der Waals surface area contributed by atoms with Gasteiger partial charge in [-0.15, -0.1) is 16.4 Å². The molecular formula is C82H109ClN12O18S3. The number of sulfonamides is 1. The third-order valence-electron chi connectivity index (χ3n) is 20.6. The van der Waals surface area contributed by atoms with Gasteiger partial charge in [-0.3, -0.25) is 24.0 Å². The second-order valence-corrected chi connectivity index (χ2v) is 34.0. The van der Waals surface area contributed by atoms with Crippen molar-refractivity contribution in [3.05, 3.63) is 123 Å². The highest BCUT2D eigenvalue weighted by Gasteiger charge is 2.43. The Bertz CT molecular complexity index is 4300. The number of aromatic nitrogens is 4. The zero-order valence-electron chi connectivity index (χ0n) is 65.9. The molecule has 12 rings (SSSR count). The summed E-state index contributed by atoms with van der Waals surface area (Å²) in [5, 5.41) is 25.0. The number of thioether (sulfide) groups is 1. The monoisotopic (exact) mass is 1680 g/mol. The molecule has 0 bridgehead atoms. The number of carbonyl (C=O) groups is 6.